The molecule has 0 bridgehead atoms. The van der Waals surface area contributed by atoms with E-state index in [0.717, 1.165) is 61.7 Å². The number of nitrogens with zero attached hydrogens (tertiary/aromatic N) is 2. The van der Waals surface area contributed by atoms with Gasteiger partial charge in [-0.25, -0.2) is 4.39 Å². The van der Waals surface area contributed by atoms with Gasteiger partial charge in [0.15, 0.2) is 0 Å². The van der Waals surface area contributed by atoms with Gasteiger partial charge in [-0.3, -0.25) is 4.90 Å². The third-order valence-corrected chi connectivity index (χ3v) is 6.46. The van der Waals surface area contributed by atoms with E-state index in [-0.39, 0.29) is 12.4 Å². The highest BCUT2D eigenvalue weighted by molar-refractivity contribution is 7.99. The topological polar surface area (TPSA) is 26.7 Å². The van der Waals surface area contributed by atoms with E-state index in [4.69, 9.17) is 5.11 Å². The lowest BCUT2D eigenvalue weighted by atomic mass is 9.96. The Balaban J connectivity index is 1.49. The van der Waals surface area contributed by atoms with Crippen LogP contribution in [0.3, 0.4) is 0 Å². The van der Waals surface area contributed by atoms with Crippen molar-refractivity contribution in [1.29, 1.82) is 0 Å². The Hall–Kier alpha value is -1.66. The van der Waals surface area contributed by atoms with Crippen molar-refractivity contribution < 1.29 is 9.50 Å². The molecule has 1 saturated heterocycles. The molecule has 0 aromatic heterocycles. The molecule has 2 aromatic rings. The Morgan fingerprint density at radius 2 is 1.63 bits per heavy atom. The van der Waals surface area contributed by atoms with Gasteiger partial charge in [0.1, 0.15) is 5.82 Å². The van der Waals surface area contributed by atoms with Crippen LogP contribution in [-0.4, -0.2) is 60.8 Å². The summed E-state index contributed by atoms with van der Waals surface area (Å²) in [5, 5.41) is 9.06. The molecular formula is C22H25FN2OS. The number of halogens is 1. The van der Waals surface area contributed by atoms with E-state index in [1.807, 2.05) is 6.07 Å². The van der Waals surface area contributed by atoms with Crippen LogP contribution in [0.5, 0.6) is 0 Å². The normalized spacial score (nSPS) is 19.1. The van der Waals surface area contributed by atoms with Gasteiger partial charge in [-0.1, -0.05) is 36.0 Å². The van der Waals surface area contributed by atoms with Crippen LogP contribution in [0.1, 0.15) is 17.5 Å². The van der Waals surface area contributed by atoms with E-state index in [1.54, 1.807) is 23.9 Å². The molecule has 2 aromatic carbocycles. The predicted molar refractivity (Wildman–Crippen MR) is 109 cm³/mol. The lowest BCUT2D eigenvalue weighted by Gasteiger charge is -2.34. The Kier molecular flexibility index (Phi) is 5.93. The fourth-order valence-electron chi connectivity index (χ4n) is 3.83. The number of benzene rings is 2. The molecule has 2 aliphatic rings. The SMILES string of the molecule is OCCN1CCN(CC/C=C2\c3ccccc3Sc3ccc(F)cc32)CC1. The van der Waals surface area contributed by atoms with E-state index in [0.29, 0.717) is 0 Å². The van der Waals surface area contributed by atoms with Crippen LogP contribution in [0, 0.1) is 5.82 Å². The Morgan fingerprint density at radius 1 is 0.926 bits per heavy atom. The quantitative estimate of drug-likeness (QED) is 0.725. The van der Waals surface area contributed by atoms with Gasteiger partial charge >= 0.3 is 0 Å². The number of aliphatic hydroxyl groups excluding tert-OH is 1. The highest BCUT2D eigenvalue weighted by atomic mass is 32.2. The Morgan fingerprint density at radius 3 is 2.41 bits per heavy atom. The van der Waals surface area contributed by atoms with Gasteiger partial charge in [0, 0.05) is 49.1 Å². The van der Waals surface area contributed by atoms with Gasteiger partial charge in [-0.15, -0.1) is 0 Å². The maximum absolute atomic E-state index is 13.9. The molecule has 2 aliphatic heterocycles. The first-order chi connectivity index (χ1) is 13.2. The van der Waals surface area contributed by atoms with Crippen molar-refractivity contribution in [2.45, 2.75) is 16.2 Å². The molecule has 0 amide bonds. The zero-order valence-corrected chi connectivity index (χ0v) is 16.2. The number of rotatable bonds is 5. The van der Waals surface area contributed by atoms with Crippen LogP contribution in [0.15, 0.2) is 58.3 Å². The number of hydrogen-bond donors (Lipinski definition) is 1. The van der Waals surface area contributed by atoms with Crippen molar-refractivity contribution in [3.8, 4) is 0 Å². The van der Waals surface area contributed by atoms with E-state index < -0.39 is 0 Å². The fraction of sp³-hybridized carbons (Fsp3) is 0.364. The van der Waals surface area contributed by atoms with E-state index in [2.05, 4.69) is 40.1 Å². The van der Waals surface area contributed by atoms with Crippen molar-refractivity contribution in [2.24, 2.45) is 0 Å². The van der Waals surface area contributed by atoms with Crippen LogP contribution in [0.4, 0.5) is 4.39 Å². The molecule has 3 nitrogen and oxygen atoms in total. The van der Waals surface area contributed by atoms with Gasteiger partial charge in [-0.2, -0.15) is 0 Å². The summed E-state index contributed by atoms with van der Waals surface area (Å²) in [6.07, 6.45) is 3.22. The van der Waals surface area contributed by atoms with Crippen LogP contribution < -0.4 is 0 Å². The highest BCUT2D eigenvalue weighted by Gasteiger charge is 2.21. The summed E-state index contributed by atoms with van der Waals surface area (Å²) >= 11 is 1.72. The molecular weight excluding hydrogens is 359 g/mol. The zero-order valence-electron chi connectivity index (χ0n) is 15.4. The first-order valence-corrected chi connectivity index (χ1v) is 10.4. The van der Waals surface area contributed by atoms with Crippen LogP contribution in [0.2, 0.25) is 0 Å². The third-order valence-electron chi connectivity index (χ3n) is 5.30. The second-order valence-electron chi connectivity index (χ2n) is 7.05. The molecule has 1 N–H and O–H groups in total. The first kappa shape index (κ1) is 18.7. The summed E-state index contributed by atoms with van der Waals surface area (Å²) in [6, 6.07) is 13.5. The molecule has 5 heteroatoms. The fourth-order valence-corrected chi connectivity index (χ4v) is 4.92. The Labute approximate surface area is 164 Å². The smallest absolute Gasteiger partial charge is 0.123 e. The first-order valence-electron chi connectivity index (χ1n) is 9.57. The predicted octanol–water partition coefficient (Wildman–Crippen LogP) is 3.72. The lowest BCUT2D eigenvalue weighted by Crippen LogP contribution is -2.47. The van der Waals surface area contributed by atoms with Crippen molar-refractivity contribution >= 4 is 17.3 Å². The molecule has 0 atom stereocenters. The molecule has 2 heterocycles. The van der Waals surface area contributed by atoms with E-state index in [9.17, 15) is 4.39 Å². The molecule has 0 saturated carbocycles. The minimum atomic E-state index is -0.181. The van der Waals surface area contributed by atoms with Gasteiger partial charge in [0.25, 0.3) is 0 Å². The lowest BCUT2D eigenvalue weighted by molar-refractivity contribution is 0.114. The molecule has 0 unspecified atom stereocenters. The summed E-state index contributed by atoms with van der Waals surface area (Å²) in [7, 11) is 0. The van der Waals surface area contributed by atoms with Crippen LogP contribution in [-0.2, 0) is 0 Å². The molecule has 0 spiro atoms. The highest BCUT2D eigenvalue weighted by Crippen LogP contribution is 2.45. The van der Waals surface area contributed by atoms with Crippen molar-refractivity contribution in [3.05, 3.63) is 65.5 Å². The van der Waals surface area contributed by atoms with Gasteiger partial charge in [-0.05, 0) is 47.4 Å². The van der Waals surface area contributed by atoms with Crippen molar-refractivity contribution in [2.75, 3.05) is 45.9 Å². The average molecular weight is 385 g/mol. The summed E-state index contributed by atoms with van der Waals surface area (Å²) in [4.78, 5) is 7.14. The molecule has 4 rings (SSSR count). The number of aliphatic hydroxyl groups is 1. The number of hydrogen-bond acceptors (Lipinski definition) is 4. The largest absolute Gasteiger partial charge is 0.395 e. The third kappa shape index (κ3) is 4.27. The average Bonchev–Trinajstić information content (AvgIpc) is 2.69. The van der Waals surface area contributed by atoms with Gasteiger partial charge < -0.3 is 10.0 Å². The standard InChI is InChI=1S/C22H25FN2OS/c23-17-7-8-22-20(16-17)18(19-4-1-2-6-21(19)27-22)5-3-9-24-10-12-25(13-11-24)14-15-26/h1-2,4-8,16,26H,3,9-15H2/b18-5+. The maximum atomic E-state index is 13.9. The molecule has 27 heavy (non-hydrogen) atoms. The van der Waals surface area contributed by atoms with E-state index in [1.165, 1.54) is 10.5 Å². The Bertz CT molecular complexity index is 831. The van der Waals surface area contributed by atoms with Crippen LogP contribution >= 0.6 is 11.8 Å². The monoisotopic (exact) mass is 384 g/mol. The van der Waals surface area contributed by atoms with Crippen molar-refractivity contribution in [1.82, 2.24) is 9.80 Å². The molecule has 142 valence electrons. The van der Waals surface area contributed by atoms with Crippen LogP contribution in [0.25, 0.3) is 5.57 Å². The summed E-state index contributed by atoms with van der Waals surface area (Å²) in [5.74, 6) is -0.181. The molecule has 0 radical (unpaired) electrons. The number of fused-ring (bicyclic) bond motifs is 2. The summed E-state index contributed by atoms with van der Waals surface area (Å²) in [6.45, 7) is 6.14. The second-order valence-corrected chi connectivity index (χ2v) is 8.14. The van der Waals surface area contributed by atoms with Gasteiger partial charge in [0.05, 0.1) is 6.61 Å². The maximum Gasteiger partial charge on any atom is 0.123 e. The number of β-amino-alcohol motifs (C(OH)–C–C–N with tert-alkyl or cyclic N) is 1. The van der Waals surface area contributed by atoms with E-state index >= 15 is 0 Å². The molecule has 1 fully saturated rings. The number of piperazine rings is 1. The summed E-state index contributed by atoms with van der Waals surface area (Å²) in [5.41, 5.74) is 3.36. The molecule has 0 aliphatic carbocycles. The summed E-state index contributed by atoms with van der Waals surface area (Å²) < 4.78 is 13.9. The minimum absolute atomic E-state index is 0.181. The van der Waals surface area contributed by atoms with Crippen molar-refractivity contribution in [3.63, 3.8) is 0 Å². The van der Waals surface area contributed by atoms with Gasteiger partial charge in [0.2, 0.25) is 0 Å². The zero-order chi connectivity index (χ0) is 18.6. The second kappa shape index (κ2) is 8.57. The minimum Gasteiger partial charge on any atom is -0.395 e.